The summed E-state index contributed by atoms with van der Waals surface area (Å²) in [6, 6.07) is 18.3. The highest BCUT2D eigenvalue weighted by molar-refractivity contribution is 6.02. The quantitative estimate of drug-likeness (QED) is 0.304. The largest absolute Gasteiger partial charge is 0.461 e. The number of hydrogen-bond acceptors (Lipinski definition) is 8. The first-order valence-electron chi connectivity index (χ1n) is 13.7. The normalized spacial score (nSPS) is 15.0. The molecule has 1 N–H and O–H groups in total. The van der Waals surface area contributed by atoms with Crippen LogP contribution >= 0.6 is 0 Å². The lowest BCUT2D eigenvalue weighted by Gasteiger charge is -2.38. The number of piperidine rings is 1. The van der Waals surface area contributed by atoms with Crippen molar-refractivity contribution in [1.82, 2.24) is 19.7 Å². The molecule has 41 heavy (non-hydrogen) atoms. The molecule has 1 aliphatic rings. The molecule has 214 valence electrons. The molecule has 4 aromatic rings. The van der Waals surface area contributed by atoms with Crippen LogP contribution < -0.4 is 4.74 Å². The van der Waals surface area contributed by atoms with Crippen molar-refractivity contribution in [3.8, 4) is 17.2 Å². The van der Waals surface area contributed by atoms with Crippen molar-refractivity contribution in [2.24, 2.45) is 0 Å². The zero-order valence-electron chi connectivity index (χ0n) is 23.7. The molecule has 0 radical (unpaired) electrons. The van der Waals surface area contributed by atoms with E-state index < -0.39 is 23.3 Å². The maximum atomic E-state index is 13.2. The maximum absolute atomic E-state index is 13.2. The Morgan fingerprint density at radius 1 is 0.951 bits per heavy atom. The van der Waals surface area contributed by atoms with Gasteiger partial charge in [0.1, 0.15) is 28.1 Å². The van der Waals surface area contributed by atoms with Gasteiger partial charge in [-0.3, -0.25) is 4.98 Å². The van der Waals surface area contributed by atoms with Gasteiger partial charge in [-0.15, -0.1) is 0 Å². The molecule has 2 aromatic heterocycles. The van der Waals surface area contributed by atoms with E-state index in [9.17, 15) is 14.7 Å². The lowest BCUT2D eigenvalue weighted by Crippen LogP contribution is -2.46. The molecule has 0 spiro atoms. The number of carbonyl (C=O) groups excluding carboxylic acids is 2. The van der Waals surface area contributed by atoms with Gasteiger partial charge in [0.2, 0.25) is 0 Å². The average Bonchev–Trinajstić information content (AvgIpc) is 3.33. The summed E-state index contributed by atoms with van der Waals surface area (Å²) in [4.78, 5) is 31.8. The predicted molar refractivity (Wildman–Crippen MR) is 152 cm³/mol. The predicted octanol–water partition coefficient (Wildman–Crippen LogP) is 5.61. The number of amides is 1. The number of pyridine rings is 1. The third-order valence-corrected chi connectivity index (χ3v) is 6.83. The molecule has 2 aromatic carbocycles. The first kappa shape index (κ1) is 28.1. The Kier molecular flexibility index (Phi) is 7.68. The van der Waals surface area contributed by atoms with Crippen molar-refractivity contribution in [3.05, 3.63) is 78.1 Å². The summed E-state index contributed by atoms with van der Waals surface area (Å²) in [5.41, 5.74) is 0.142. The summed E-state index contributed by atoms with van der Waals surface area (Å²) in [7, 11) is 0. The molecule has 3 heterocycles. The van der Waals surface area contributed by atoms with Crippen LogP contribution in [0, 0.1) is 0 Å². The molecule has 0 atom stereocenters. The van der Waals surface area contributed by atoms with Gasteiger partial charge in [0.25, 0.3) is 0 Å². The molecule has 0 saturated carbocycles. The number of rotatable bonds is 6. The van der Waals surface area contributed by atoms with Crippen LogP contribution in [0.3, 0.4) is 0 Å². The minimum absolute atomic E-state index is 0.162. The van der Waals surface area contributed by atoms with Crippen LogP contribution in [-0.2, 0) is 15.1 Å². The van der Waals surface area contributed by atoms with Crippen molar-refractivity contribution in [3.63, 3.8) is 0 Å². The number of fused-ring (bicyclic) bond motifs is 1. The van der Waals surface area contributed by atoms with E-state index in [2.05, 4.69) is 4.98 Å². The smallest absolute Gasteiger partial charge is 0.410 e. The van der Waals surface area contributed by atoms with Crippen LogP contribution in [-0.4, -0.2) is 62.1 Å². The molecule has 1 amide bonds. The van der Waals surface area contributed by atoms with E-state index in [1.54, 1.807) is 48.4 Å². The van der Waals surface area contributed by atoms with Gasteiger partial charge in [0, 0.05) is 24.8 Å². The summed E-state index contributed by atoms with van der Waals surface area (Å²) in [6.07, 6.45) is 1.70. The summed E-state index contributed by atoms with van der Waals surface area (Å²) >= 11 is 0. The van der Waals surface area contributed by atoms with Gasteiger partial charge < -0.3 is 24.2 Å². The fraction of sp³-hybridized carbons (Fsp3) is 0.355. The summed E-state index contributed by atoms with van der Waals surface area (Å²) in [5, 5.41) is 16.5. The van der Waals surface area contributed by atoms with Crippen LogP contribution in [0.25, 0.3) is 16.7 Å². The van der Waals surface area contributed by atoms with E-state index in [0.29, 0.717) is 46.9 Å². The Hall–Kier alpha value is -4.44. The zero-order valence-corrected chi connectivity index (χ0v) is 23.7. The Labute approximate surface area is 238 Å². The van der Waals surface area contributed by atoms with Gasteiger partial charge in [-0.2, -0.15) is 5.10 Å². The minimum atomic E-state index is -1.28. The first-order chi connectivity index (χ1) is 19.6. The van der Waals surface area contributed by atoms with Gasteiger partial charge in [0.15, 0.2) is 5.69 Å². The Bertz CT molecular complexity index is 1530. The molecular weight excluding hydrogens is 524 g/mol. The Morgan fingerprint density at radius 3 is 2.24 bits per heavy atom. The molecule has 1 saturated heterocycles. The van der Waals surface area contributed by atoms with E-state index in [0.717, 1.165) is 0 Å². The highest BCUT2D eigenvalue weighted by Gasteiger charge is 2.39. The highest BCUT2D eigenvalue weighted by atomic mass is 16.6. The van der Waals surface area contributed by atoms with Gasteiger partial charge >= 0.3 is 12.1 Å². The molecular formula is C31H34N4O6. The third-order valence-electron chi connectivity index (χ3n) is 6.83. The fourth-order valence-electron chi connectivity index (χ4n) is 4.86. The van der Waals surface area contributed by atoms with Gasteiger partial charge in [-0.1, -0.05) is 18.2 Å². The summed E-state index contributed by atoms with van der Waals surface area (Å²) in [6.45, 7) is 7.99. The number of aliphatic hydroxyl groups is 1. The molecule has 10 nitrogen and oxygen atoms in total. The fourth-order valence-corrected chi connectivity index (χ4v) is 4.86. The van der Waals surface area contributed by atoms with Crippen LogP contribution in [0.5, 0.6) is 11.5 Å². The van der Waals surface area contributed by atoms with Crippen molar-refractivity contribution < 1.29 is 28.9 Å². The number of likely N-dealkylation sites (tertiary alicyclic amines) is 1. The van der Waals surface area contributed by atoms with Crippen molar-refractivity contribution in [2.45, 2.75) is 51.7 Å². The van der Waals surface area contributed by atoms with Gasteiger partial charge in [0.05, 0.1) is 17.9 Å². The zero-order chi connectivity index (χ0) is 29.2. The minimum Gasteiger partial charge on any atom is -0.461 e. The van der Waals surface area contributed by atoms with Crippen molar-refractivity contribution in [2.75, 3.05) is 19.7 Å². The van der Waals surface area contributed by atoms with Crippen LogP contribution in [0.15, 0.2) is 66.9 Å². The Morgan fingerprint density at radius 2 is 1.61 bits per heavy atom. The molecule has 1 aliphatic heterocycles. The lowest BCUT2D eigenvalue weighted by molar-refractivity contribution is -0.0349. The average molecular weight is 559 g/mol. The number of carbonyl (C=O) groups is 2. The molecule has 10 heteroatoms. The molecule has 0 unspecified atom stereocenters. The lowest BCUT2D eigenvalue weighted by atomic mass is 9.84. The topological polar surface area (TPSA) is 116 Å². The SMILES string of the molecule is CCOC(=O)c1c2nccc(C3(O)CCN(C(=O)OC(C)(C)C)CC3)c2nn1-c1ccc(Oc2ccccc2)cc1. The third kappa shape index (κ3) is 6.02. The highest BCUT2D eigenvalue weighted by Crippen LogP contribution is 2.38. The van der Waals surface area contributed by atoms with E-state index in [4.69, 9.17) is 19.3 Å². The van der Waals surface area contributed by atoms with Gasteiger partial charge in [-0.25, -0.2) is 14.3 Å². The number of hydrogen-bond donors (Lipinski definition) is 1. The second-order valence-electron chi connectivity index (χ2n) is 10.9. The molecule has 5 rings (SSSR count). The molecule has 1 fully saturated rings. The summed E-state index contributed by atoms with van der Waals surface area (Å²) in [5.74, 6) is 0.757. The first-order valence-corrected chi connectivity index (χ1v) is 13.7. The number of ether oxygens (including phenoxy) is 3. The Balaban J connectivity index is 1.48. The number of aromatic nitrogens is 3. The van der Waals surface area contributed by atoms with Crippen molar-refractivity contribution in [1.29, 1.82) is 0 Å². The van der Waals surface area contributed by atoms with Gasteiger partial charge in [-0.05, 0) is 83.0 Å². The van der Waals surface area contributed by atoms with E-state index in [1.807, 2.05) is 51.1 Å². The second kappa shape index (κ2) is 11.2. The van der Waals surface area contributed by atoms with E-state index >= 15 is 0 Å². The number of esters is 1. The number of benzene rings is 2. The molecule has 0 aliphatic carbocycles. The summed E-state index contributed by atoms with van der Waals surface area (Å²) < 4.78 is 18.3. The van der Waals surface area contributed by atoms with Crippen molar-refractivity contribution >= 4 is 23.1 Å². The maximum Gasteiger partial charge on any atom is 0.410 e. The number of nitrogens with zero attached hydrogens (tertiary/aromatic N) is 4. The monoisotopic (exact) mass is 558 g/mol. The van der Waals surface area contributed by atoms with E-state index in [-0.39, 0.29) is 25.1 Å². The van der Waals surface area contributed by atoms with Crippen LogP contribution in [0.1, 0.15) is 56.6 Å². The standard InChI is InChI=1S/C31H34N4O6/c1-5-39-28(36)27-26-25(33-35(27)21-11-13-23(14-12-21)40-22-9-7-6-8-10-22)24(15-18-32-26)31(38)16-19-34(20-17-31)29(37)41-30(2,3)4/h6-15,18,38H,5,16-17,19-20H2,1-4H3. The van der Waals surface area contributed by atoms with Crippen LogP contribution in [0.4, 0.5) is 4.79 Å². The second-order valence-corrected chi connectivity index (χ2v) is 10.9. The van der Waals surface area contributed by atoms with Crippen LogP contribution in [0.2, 0.25) is 0 Å². The van der Waals surface area contributed by atoms with E-state index in [1.165, 1.54) is 4.68 Å². The number of para-hydroxylation sites is 1. The molecule has 0 bridgehead atoms.